The largest absolute Gasteiger partial charge is 0.493 e. The van der Waals surface area contributed by atoms with E-state index in [1.807, 2.05) is 0 Å². The summed E-state index contributed by atoms with van der Waals surface area (Å²) in [5.41, 5.74) is 5.22. The summed E-state index contributed by atoms with van der Waals surface area (Å²) >= 11 is 5.48. The maximum Gasteiger partial charge on any atom is 0.145 e. The summed E-state index contributed by atoms with van der Waals surface area (Å²) in [6.45, 7) is 0.205. The van der Waals surface area contributed by atoms with Gasteiger partial charge in [0.2, 0.25) is 0 Å². The van der Waals surface area contributed by atoms with E-state index in [1.54, 1.807) is 0 Å². The highest BCUT2D eigenvalue weighted by atomic mass is 35.5. The van der Waals surface area contributed by atoms with Crippen molar-refractivity contribution in [2.45, 2.75) is 6.42 Å². The molecule has 0 fully saturated rings. The first-order valence-corrected chi connectivity index (χ1v) is 4.55. The first-order valence-electron chi connectivity index (χ1n) is 4.17. The van der Waals surface area contributed by atoms with E-state index in [0.717, 1.165) is 0 Å². The van der Waals surface area contributed by atoms with Crippen molar-refractivity contribution in [2.24, 2.45) is 10.9 Å². The predicted octanol–water partition coefficient (Wildman–Crippen LogP) is 1.99. The number of oxime groups is 1. The lowest BCUT2D eigenvalue weighted by Crippen LogP contribution is -2.15. The standard InChI is InChI=1S/C9H10ClFN2O2/c10-7-2-1-6(5-8(7)11)15-4-3-9(12)13-14/h1-2,5,14H,3-4H2,(H2,12,13). The molecular formula is C9H10ClFN2O2. The molecule has 3 N–H and O–H groups in total. The van der Waals surface area contributed by atoms with Crippen LogP contribution in [0.2, 0.25) is 5.02 Å². The number of hydrogen-bond acceptors (Lipinski definition) is 3. The second-order valence-corrected chi connectivity index (χ2v) is 3.17. The molecule has 15 heavy (non-hydrogen) atoms. The Labute approximate surface area is 91.1 Å². The number of amidine groups is 1. The second kappa shape index (κ2) is 5.41. The summed E-state index contributed by atoms with van der Waals surface area (Å²) in [4.78, 5) is 0. The van der Waals surface area contributed by atoms with Crippen LogP contribution in [0.25, 0.3) is 0 Å². The number of hydrogen-bond donors (Lipinski definition) is 2. The fraction of sp³-hybridized carbons (Fsp3) is 0.222. The van der Waals surface area contributed by atoms with Gasteiger partial charge in [-0.15, -0.1) is 0 Å². The quantitative estimate of drug-likeness (QED) is 0.361. The SMILES string of the molecule is N/C(CCOc1ccc(Cl)c(F)c1)=N/O. The minimum absolute atomic E-state index is 0.0405. The summed E-state index contributed by atoms with van der Waals surface area (Å²) in [5, 5.41) is 11.1. The van der Waals surface area contributed by atoms with Gasteiger partial charge in [0.05, 0.1) is 11.6 Å². The van der Waals surface area contributed by atoms with Gasteiger partial charge in [-0.1, -0.05) is 16.8 Å². The molecule has 0 radical (unpaired) electrons. The Morgan fingerprint density at radius 2 is 2.33 bits per heavy atom. The maximum atomic E-state index is 12.9. The average Bonchev–Trinajstić information content (AvgIpc) is 2.23. The third-order valence-corrected chi connectivity index (χ3v) is 1.95. The van der Waals surface area contributed by atoms with E-state index < -0.39 is 5.82 Å². The van der Waals surface area contributed by atoms with Crippen molar-refractivity contribution in [3.8, 4) is 5.75 Å². The first kappa shape index (κ1) is 11.6. The Morgan fingerprint density at radius 3 is 2.93 bits per heavy atom. The Bertz CT molecular complexity index is 371. The van der Waals surface area contributed by atoms with Crippen molar-refractivity contribution in [1.29, 1.82) is 0 Å². The molecule has 1 aromatic rings. The van der Waals surface area contributed by atoms with Crippen LogP contribution in [0.3, 0.4) is 0 Å². The third kappa shape index (κ3) is 3.63. The molecule has 0 saturated carbocycles. The number of halogens is 2. The van der Waals surface area contributed by atoms with Gasteiger partial charge in [-0.2, -0.15) is 0 Å². The number of benzene rings is 1. The molecular weight excluding hydrogens is 223 g/mol. The second-order valence-electron chi connectivity index (χ2n) is 2.77. The lowest BCUT2D eigenvalue weighted by Gasteiger charge is -2.05. The molecule has 0 aliphatic heterocycles. The average molecular weight is 233 g/mol. The number of ether oxygens (including phenoxy) is 1. The number of nitrogens with zero attached hydrogens (tertiary/aromatic N) is 1. The Hall–Kier alpha value is -1.49. The van der Waals surface area contributed by atoms with Crippen molar-refractivity contribution in [2.75, 3.05) is 6.61 Å². The van der Waals surface area contributed by atoms with E-state index in [9.17, 15) is 4.39 Å². The summed E-state index contributed by atoms with van der Waals surface area (Å²) in [7, 11) is 0. The van der Waals surface area contributed by atoms with Crippen molar-refractivity contribution in [1.82, 2.24) is 0 Å². The van der Waals surface area contributed by atoms with Crippen molar-refractivity contribution in [3.05, 3.63) is 29.0 Å². The van der Waals surface area contributed by atoms with Gasteiger partial charge in [0.15, 0.2) is 0 Å². The Kier molecular flexibility index (Phi) is 4.17. The van der Waals surface area contributed by atoms with Crippen LogP contribution in [0, 0.1) is 5.82 Å². The van der Waals surface area contributed by atoms with Crippen molar-refractivity contribution >= 4 is 17.4 Å². The van der Waals surface area contributed by atoms with Crippen LogP contribution in [-0.4, -0.2) is 17.6 Å². The molecule has 0 saturated heterocycles. The minimum Gasteiger partial charge on any atom is -0.493 e. The summed E-state index contributed by atoms with van der Waals surface area (Å²) in [6.07, 6.45) is 0.265. The topological polar surface area (TPSA) is 67.8 Å². The van der Waals surface area contributed by atoms with E-state index >= 15 is 0 Å². The molecule has 0 spiro atoms. The fourth-order valence-electron chi connectivity index (χ4n) is 0.890. The number of nitrogens with two attached hydrogens (primary N) is 1. The van der Waals surface area contributed by atoms with Gasteiger partial charge in [0, 0.05) is 12.5 Å². The number of rotatable bonds is 4. The Morgan fingerprint density at radius 1 is 1.60 bits per heavy atom. The van der Waals surface area contributed by atoms with Crippen LogP contribution in [0.4, 0.5) is 4.39 Å². The van der Waals surface area contributed by atoms with Crippen LogP contribution >= 0.6 is 11.6 Å². The van der Waals surface area contributed by atoms with Gasteiger partial charge in [0.25, 0.3) is 0 Å². The molecule has 1 rings (SSSR count). The first-order chi connectivity index (χ1) is 7.13. The van der Waals surface area contributed by atoms with E-state index in [1.165, 1.54) is 18.2 Å². The molecule has 0 atom stereocenters. The van der Waals surface area contributed by atoms with Gasteiger partial charge in [0.1, 0.15) is 17.4 Å². The molecule has 0 heterocycles. The zero-order chi connectivity index (χ0) is 11.3. The lowest BCUT2D eigenvalue weighted by atomic mass is 10.3. The van der Waals surface area contributed by atoms with Gasteiger partial charge in [-0.25, -0.2) is 4.39 Å². The van der Waals surface area contributed by atoms with Crippen LogP contribution in [0.1, 0.15) is 6.42 Å². The highest BCUT2D eigenvalue weighted by Crippen LogP contribution is 2.20. The van der Waals surface area contributed by atoms with Gasteiger partial charge in [-0.05, 0) is 12.1 Å². The van der Waals surface area contributed by atoms with Crippen LogP contribution in [0.5, 0.6) is 5.75 Å². The summed E-state index contributed by atoms with van der Waals surface area (Å²) < 4.78 is 18.1. The van der Waals surface area contributed by atoms with Gasteiger partial charge < -0.3 is 15.7 Å². The highest BCUT2D eigenvalue weighted by Gasteiger charge is 2.02. The Balaban J connectivity index is 2.48. The minimum atomic E-state index is -0.544. The molecule has 0 aliphatic rings. The smallest absolute Gasteiger partial charge is 0.145 e. The predicted molar refractivity (Wildman–Crippen MR) is 54.9 cm³/mol. The maximum absolute atomic E-state index is 12.9. The molecule has 82 valence electrons. The van der Waals surface area contributed by atoms with Gasteiger partial charge >= 0.3 is 0 Å². The molecule has 0 bridgehead atoms. The van der Waals surface area contributed by atoms with E-state index in [4.69, 9.17) is 27.3 Å². The van der Waals surface area contributed by atoms with Crippen molar-refractivity contribution < 1.29 is 14.3 Å². The molecule has 0 aromatic heterocycles. The van der Waals surface area contributed by atoms with Crippen LogP contribution in [-0.2, 0) is 0 Å². The monoisotopic (exact) mass is 232 g/mol. The van der Waals surface area contributed by atoms with Crippen LogP contribution in [0.15, 0.2) is 23.4 Å². The molecule has 4 nitrogen and oxygen atoms in total. The van der Waals surface area contributed by atoms with E-state index in [2.05, 4.69) is 5.16 Å². The van der Waals surface area contributed by atoms with E-state index in [-0.39, 0.29) is 23.9 Å². The third-order valence-electron chi connectivity index (χ3n) is 1.65. The molecule has 0 aliphatic carbocycles. The molecule has 0 unspecified atom stereocenters. The molecule has 0 amide bonds. The zero-order valence-electron chi connectivity index (χ0n) is 7.78. The highest BCUT2D eigenvalue weighted by molar-refractivity contribution is 6.30. The normalized spacial score (nSPS) is 11.5. The zero-order valence-corrected chi connectivity index (χ0v) is 8.54. The fourth-order valence-corrected chi connectivity index (χ4v) is 1.01. The van der Waals surface area contributed by atoms with E-state index in [0.29, 0.717) is 5.75 Å². The lowest BCUT2D eigenvalue weighted by molar-refractivity contribution is 0.305. The van der Waals surface area contributed by atoms with Crippen molar-refractivity contribution in [3.63, 3.8) is 0 Å². The molecule has 6 heteroatoms. The summed E-state index contributed by atoms with van der Waals surface area (Å²) in [6, 6.07) is 4.11. The van der Waals surface area contributed by atoms with Crippen LogP contribution < -0.4 is 10.5 Å². The van der Waals surface area contributed by atoms with Gasteiger partial charge in [-0.3, -0.25) is 0 Å². The molecule has 1 aromatic carbocycles. The summed E-state index contributed by atoms with van der Waals surface area (Å²) in [5.74, 6) is -0.134.